The minimum Gasteiger partial charge on any atom is -0.371 e. The molecule has 2 heterocycles. The zero-order valence-electron chi connectivity index (χ0n) is 11.4. The summed E-state index contributed by atoms with van der Waals surface area (Å²) in [5.74, 6) is 0.194. The molecule has 0 spiro atoms. The van der Waals surface area contributed by atoms with Gasteiger partial charge in [0.2, 0.25) is 5.91 Å². The van der Waals surface area contributed by atoms with E-state index in [4.69, 9.17) is 0 Å². The average Bonchev–Trinajstić information content (AvgIpc) is 2.44. The number of hydrogen-bond acceptors (Lipinski definition) is 2. The quantitative estimate of drug-likeness (QED) is 0.698. The van der Waals surface area contributed by atoms with E-state index < -0.39 is 0 Å². The second-order valence-electron chi connectivity index (χ2n) is 4.37. The lowest BCUT2D eigenvalue weighted by Crippen LogP contribution is -2.59. The van der Waals surface area contributed by atoms with E-state index in [1.54, 1.807) is 6.92 Å². The fourth-order valence-electron chi connectivity index (χ4n) is 2.02. The fraction of sp³-hybridized carbons (Fsp3) is 0.643. The SMILES string of the molecule is CC.CC(=O)N1CC(N2C=CC(C)=CCC2)C1. The zero-order valence-corrected chi connectivity index (χ0v) is 11.4. The first kappa shape index (κ1) is 13.8. The highest BCUT2D eigenvalue weighted by Gasteiger charge is 2.31. The molecule has 0 unspecified atom stereocenters. The van der Waals surface area contributed by atoms with Gasteiger partial charge in [-0.1, -0.05) is 25.5 Å². The molecular weight excluding hydrogens is 212 g/mol. The molecule has 1 saturated heterocycles. The van der Waals surface area contributed by atoms with Crippen LogP contribution in [0.15, 0.2) is 23.9 Å². The monoisotopic (exact) mass is 236 g/mol. The first-order valence-corrected chi connectivity index (χ1v) is 6.53. The minimum atomic E-state index is 0.194. The summed E-state index contributed by atoms with van der Waals surface area (Å²) >= 11 is 0. The Morgan fingerprint density at radius 2 is 2.00 bits per heavy atom. The summed E-state index contributed by atoms with van der Waals surface area (Å²) in [4.78, 5) is 15.3. The fourth-order valence-corrected chi connectivity index (χ4v) is 2.02. The van der Waals surface area contributed by atoms with Crippen molar-refractivity contribution < 1.29 is 4.79 Å². The number of allylic oxidation sites excluding steroid dienone is 2. The van der Waals surface area contributed by atoms with Crippen LogP contribution >= 0.6 is 0 Å². The summed E-state index contributed by atoms with van der Waals surface area (Å²) in [6.07, 6.45) is 7.69. The molecule has 96 valence electrons. The first-order chi connectivity index (χ1) is 8.16. The van der Waals surface area contributed by atoms with Crippen LogP contribution in [0.1, 0.15) is 34.1 Å². The molecule has 3 heteroatoms. The third-order valence-corrected chi connectivity index (χ3v) is 3.16. The van der Waals surface area contributed by atoms with Crippen LogP contribution in [-0.4, -0.2) is 41.4 Å². The summed E-state index contributed by atoms with van der Waals surface area (Å²) in [6.45, 7) is 10.6. The van der Waals surface area contributed by atoms with Crippen LogP contribution in [-0.2, 0) is 4.79 Å². The maximum absolute atomic E-state index is 11.1. The number of likely N-dealkylation sites (tertiary alicyclic amines) is 1. The minimum absolute atomic E-state index is 0.194. The van der Waals surface area contributed by atoms with Gasteiger partial charge in [0.05, 0.1) is 6.04 Å². The maximum Gasteiger partial charge on any atom is 0.219 e. The van der Waals surface area contributed by atoms with Gasteiger partial charge in [-0.2, -0.15) is 0 Å². The Labute approximate surface area is 105 Å². The van der Waals surface area contributed by atoms with Crippen molar-refractivity contribution in [3.8, 4) is 0 Å². The molecule has 3 nitrogen and oxygen atoms in total. The van der Waals surface area contributed by atoms with Crippen LogP contribution in [0.25, 0.3) is 0 Å². The van der Waals surface area contributed by atoms with Crippen molar-refractivity contribution in [2.45, 2.75) is 40.2 Å². The molecule has 2 aliphatic heterocycles. The van der Waals surface area contributed by atoms with Crippen molar-refractivity contribution in [1.82, 2.24) is 9.80 Å². The number of nitrogens with zero attached hydrogens (tertiary/aromatic N) is 2. The van der Waals surface area contributed by atoms with Crippen LogP contribution in [0.3, 0.4) is 0 Å². The molecule has 0 aromatic carbocycles. The maximum atomic E-state index is 11.1. The van der Waals surface area contributed by atoms with E-state index in [1.165, 1.54) is 5.57 Å². The smallest absolute Gasteiger partial charge is 0.219 e. The second kappa shape index (κ2) is 6.48. The lowest BCUT2D eigenvalue weighted by molar-refractivity contribution is -0.135. The van der Waals surface area contributed by atoms with Gasteiger partial charge in [0.25, 0.3) is 0 Å². The number of amides is 1. The molecule has 0 saturated carbocycles. The van der Waals surface area contributed by atoms with Gasteiger partial charge < -0.3 is 9.80 Å². The Hall–Kier alpha value is -1.25. The predicted molar refractivity (Wildman–Crippen MR) is 71.6 cm³/mol. The van der Waals surface area contributed by atoms with E-state index in [-0.39, 0.29) is 5.91 Å². The molecule has 0 atom stereocenters. The Balaban J connectivity index is 0.000000686. The summed E-state index contributed by atoms with van der Waals surface area (Å²) in [6, 6.07) is 0.532. The van der Waals surface area contributed by atoms with E-state index in [2.05, 4.69) is 30.2 Å². The standard InChI is InChI=1S/C12H18N2O.C2H6/c1-10-4-3-6-13(7-5-10)12-8-14(9-12)11(2)15;1-2/h4-5,7,12H,3,6,8-9H2,1-2H3;1-2H3. The summed E-state index contributed by atoms with van der Waals surface area (Å²) in [5.41, 5.74) is 1.33. The third kappa shape index (κ3) is 3.62. The van der Waals surface area contributed by atoms with E-state index in [0.29, 0.717) is 6.04 Å². The topological polar surface area (TPSA) is 23.6 Å². The first-order valence-electron chi connectivity index (χ1n) is 6.53. The Morgan fingerprint density at radius 1 is 1.35 bits per heavy atom. The molecule has 0 aliphatic carbocycles. The van der Waals surface area contributed by atoms with Crippen molar-refractivity contribution in [1.29, 1.82) is 0 Å². The summed E-state index contributed by atoms with van der Waals surface area (Å²) < 4.78 is 0. The molecule has 0 aromatic heterocycles. The molecule has 0 radical (unpaired) electrons. The molecule has 1 amide bonds. The van der Waals surface area contributed by atoms with E-state index in [9.17, 15) is 4.79 Å². The molecule has 17 heavy (non-hydrogen) atoms. The van der Waals surface area contributed by atoms with Crippen LogP contribution < -0.4 is 0 Å². The van der Waals surface area contributed by atoms with E-state index in [0.717, 1.165) is 26.1 Å². The highest BCUT2D eigenvalue weighted by atomic mass is 16.2. The molecule has 0 N–H and O–H groups in total. The van der Waals surface area contributed by atoms with Gasteiger partial charge in [-0.3, -0.25) is 4.79 Å². The van der Waals surface area contributed by atoms with Crippen molar-refractivity contribution in [3.05, 3.63) is 23.9 Å². The lowest BCUT2D eigenvalue weighted by atomic mass is 10.1. The molecule has 2 aliphatic rings. The second-order valence-corrected chi connectivity index (χ2v) is 4.37. The number of carbonyl (C=O) groups is 1. The van der Waals surface area contributed by atoms with Gasteiger partial charge >= 0.3 is 0 Å². The van der Waals surface area contributed by atoms with Crippen LogP contribution in [0.4, 0.5) is 0 Å². The van der Waals surface area contributed by atoms with Crippen LogP contribution in [0.2, 0.25) is 0 Å². The van der Waals surface area contributed by atoms with Gasteiger partial charge in [0.1, 0.15) is 0 Å². The number of rotatable bonds is 1. The molecule has 0 aromatic rings. The zero-order chi connectivity index (χ0) is 12.8. The number of carbonyl (C=O) groups excluding carboxylic acids is 1. The summed E-state index contributed by atoms with van der Waals surface area (Å²) in [5, 5.41) is 0. The largest absolute Gasteiger partial charge is 0.371 e. The Bertz CT molecular complexity index is 314. The van der Waals surface area contributed by atoms with Gasteiger partial charge in [-0.05, 0) is 25.6 Å². The third-order valence-electron chi connectivity index (χ3n) is 3.16. The highest BCUT2D eigenvalue weighted by molar-refractivity contribution is 5.74. The highest BCUT2D eigenvalue weighted by Crippen LogP contribution is 2.18. The molecular formula is C14H24N2O. The molecule has 2 rings (SSSR count). The summed E-state index contributed by atoms with van der Waals surface area (Å²) in [7, 11) is 0. The Morgan fingerprint density at radius 3 is 2.59 bits per heavy atom. The van der Waals surface area contributed by atoms with Crippen molar-refractivity contribution in [3.63, 3.8) is 0 Å². The Kier molecular flexibility index (Phi) is 5.26. The van der Waals surface area contributed by atoms with Crippen molar-refractivity contribution >= 4 is 5.91 Å². The van der Waals surface area contributed by atoms with E-state index in [1.807, 2.05) is 18.7 Å². The van der Waals surface area contributed by atoms with Crippen LogP contribution in [0, 0.1) is 0 Å². The van der Waals surface area contributed by atoms with E-state index >= 15 is 0 Å². The van der Waals surface area contributed by atoms with Crippen molar-refractivity contribution in [2.24, 2.45) is 0 Å². The van der Waals surface area contributed by atoms with Gasteiger partial charge in [0.15, 0.2) is 0 Å². The molecule has 1 fully saturated rings. The van der Waals surface area contributed by atoms with Gasteiger partial charge in [-0.25, -0.2) is 0 Å². The van der Waals surface area contributed by atoms with Gasteiger partial charge in [-0.15, -0.1) is 0 Å². The normalized spacial score (nSPS) is 19.9. The average molecular weight is 236 g/mol. The molecule has 0 bridgehead atoms. The van der Waals surface area contributed by atoms with Crippen LogP contribution in [0.5, 0.6) is 0 Å². The lowest BCUT2D eigenvalue weighted by Gasteiger charge is -2.44. The van der Waals surface area contributed by atoms with Gasteiger partial charge in [0, 0.05) is 26.6 Å². The number of hydrogen-bond donors (Lipinski definition) is 0. The van der Waals surface area contributed by atoms with Crippen molar-refractivity contribution in [2.75, 3.05) is 19.6 Å². The predicted octanol–water partition coefficient (Wildman–Crippen LogP) is 2.41.